The predicted octanol–water partition coefficient (Wildman–Crippen LogP) is 2.99. The molecule has 0 saturated carbocycles. The molecule has 1 heterocycles. The molecule has 1 saturated heterocycles. The van der Waals surface area contributed by atoms with Crippen LogP contribution in [0.2, 0.25) is 0 Å². The van der Waals surface area contributed by atoms with Crippen LogP contribution in [0.5, 0.6) is 0 Å². The monoisotopic (exact) mass is 300 g/mol. The van der Waals surface area contributed by atoms with E-state index in [0.29, 0.717) is 12.5 Å². The summed E-state index contributed by atoms with van der Waals surface area (Å²) in [7, 11) is 0. The van der Waals surface area contributed by atoms with Crippen molar-refractivity contribution in [2.45, 2.75) is 52.0 Å². The van der Waals surface area contributed by atoms with E-state index in [2.05, 4.69) is 31.3 Å². The Morgan fingerprint density at radius 2 is 1.95 bits per heavy atom. The molecule has 1 N–H and O–H groups in total. The van der Waals surface area contributed by atoms with Gasteiger partial charge in [-0.3, -0.25) is 9.69 Å². The molecule has 0 aromatic heterocycles. The second-order valence-corrected chi connectivity index (χ2v) is 7.03. The first kappa shape index (κ1) is 15.1. The van der Waals surface area contributed by atoms with Gasteiger partial charge in [0.1, 0.15) is 5.54 Å². The van der Waals surface area contributed by atoms with Gasteiger partial charge in [0.2, 0.25) is 0 Å². The van der Waals surface area contributed by atoms with Gasteiger partial charge < -0.3 is 5.32 Å². The molecule has 1 atom stereocenters. The molecule has 1 aliphatic carbocycles. The number of amides is 3. The SMILES string of the molecule is CC(C)CCN1C(=O)NC(C)(c2ccc3c(c2)CCC3)C1=O. The van der Waals surface area contributed by atoms with Gasteiger partial charge >= 0.3 is 6.03 Å². The molecule has 1 aliphatic heterocycles. The molecule has 22 heavy (non-hydrogen) atoms. The second-order valence-electron chi connectivity index (χ2n) is 7.03. The Morgan fingerprint density at radius 3 is 2.68 bits per heavy atom. The highest BCUT2D eigenvalue weighted by atomic mass is 16.2. The number of aryl methyl sites for hydroxylation is 2. The maximum absolute atomic E-state index is 12.8. The van der Waals surface area contributed by atoms with Gasteiger partial charge in [-0.15, -0.1) is 0 Å². The predicted molar refractivity (Wildman–Crippen MR) is 85.5 cm³/mol. The number of benzene rings is 1. The first-order valence-electron chi connectivity index (χ1n) is 8.18. The van der Waals surface area contributed by atoms with E-state index in [0.717, 1.165) is 24.8 Å². The van der Waals surface area contributed by atoms with Crippen LogP contribution in [0.15, 0.2) is 18.2 Å². The van der Waals surface area contributed by atoms with Crippen LogP contribution in [0.1, 0.15) is 50.3 Å². The molecule has 3 amide bonds. The zero-order valence-corrected chi connectivity index (χ0v) is 13.6. The molecule has 118 valence electrons. The van der Waals surface area contributed by atoms with Crippen molar-refractivity contribution >= 4 is 11.9 Å². The van der Waals surface area contributed by atoms with Gasteiger partial charge in [0.25, 0.3) is 5.91 Å². The quantitative estimate of drug-likeness (QED) is 0.869. The lowest BCUT2D eigenvalue weighted by atomic mass is 9.89. The van der Waals surface area contributed by atoms with Crippen LogP contribution < -0.4 is 5.32 Å². The van der Waals surface area contributed by atoms with Gasteiger partial charge in [-0.1, -0.05) is 32.0 Å². The van der Waals surface area contributed by atoms with Crippen molar-refractivity contribution in [2.75, 3.05) is 6.54 Å². The molecule has 1 aromatic carbocycles. The van der Waals surface area contributed by atoms with E-state index >= 15 is 0 Å². The molecule has 1 fully saturated rings. The number of hydrogen-bond donors (Lipinski definition) is 1. The Balaban J connectivity index is 1.87. The van der Waals surface area contributed by atoms with Crippen LogP contribution in [0.4, 0.5) is 4.79 Å². The van der Waals surface area contributed by atoms with E-state index in [4.69, 9.17) is 0 Å². The van der Waals surface area contributed by atoms with Crippen LogP contribution >= 0.6 is 0 Å². The first-order chi connectivity index (χ1) is 10.4. The van der Waals surface area contributed by atoms with Crippen molar-refractivity contribution in [3.8, 4) is 0 Å². The molecule has 1 aromatic rings. The highest BCUT2D eigenvalue weighted by Crippen LogP contribution is 2.32. The summed E-state index contributed by atoms with van der Waals surface area (Å²) >= 11 is 0. The zero-order valence-electron chi connectivity index (χ0n) is 13.6. The molecule has 0 radical (unpaired) electrons. The molecule has 0 bridgehead atoms. The average molecular weight is 300 g/mol. The largest absolute Gasteiger partial charge is 0.325 e. The molecule has 1 unspecified atom stereocenters. The van der Waals surface area contributed by atoms with Crippen molar-refractivity contribution in [1.29, 1.82) is 0 Å². The summed E-state index contributed by atoms with van der Waals surface area (Å²) in [6.45, 7) is 6.50. The van der Waals surface area contributed by atoms with E-state index in [1.807, 2.05) is 13.0 Å². The summed E-state index contributed by atoms with van der Waals surface area (Å²) in [5, 5.41) is 2.90. The van der Waals surface area contributed by atoms with Crippen LogP contribution in [0.25, 0.3) is 0 Å². The minimum atomic E-state index is -0.925. The number of urea groups is 1. The Bertz CT molecular complexity index is 624. The molecular formula is C18H24N2O2. The van der Waals surface area contributed by atoms with Gasteiger partial charge in [-0.05, 0) is 55.2 Å². The normalized spacial score (nSPS) is 24.1. The van der Waals surface area contributed by atoms with Crippen molar-refractivity contribution in [2.24, 2.45) is 5.92 Å². The smallest absolute Gasteiger partial charge is 0.319 e. The molecule has 4 heteroatoms. The first-order valence-corrected chi connectivity index (χ1v) is 8.18. The standard InChI is InChI=1S/C18H24N2O2/c1-12(2)9-10-20-16(21)18(3,19-17(20)22)15-8-7-13-5-4-6-14(13)11-15/h7-8,11-12H,4-6,9-10H2,1-3H3,(H,19,22). The zero-order chi connectivity index (χ0) is 15.9. The van der Waals surface area contributed by atoms with Crippen LogP contribution in [-0.2, 0) is 23.2 Å². The third kappa shape index (κ3) is 2.40. The molecule has 4 nitrogen and oxygen atoms in total. The lowest BCUT2D eigenvalue weighted by Gasteiger charge is -2.23. The van der Waals surface area contributed by atoms with Gasteiger partial charge in [0.15, 0.2) is 0 Å². The van der Waals surface area contributed by atoms with Crippen molar-refractivity contribution in [3.63, 3.8) is 0 Å². The maximum Gasteiger partial charge on any atom is 0.325 e. The molecule has 3 rings (SSSR count). The van der Waals surface area contributed by atoms with Gasteiger partial charge in [0.05, 0.1) is 0 Å². The van der Waals surface area contributed by atoms with Crippen LogP contribution in [0, 0.1) is 5.92 Å². The molecular weight excluding hydrogens is 276 g/mol. The van der Waals surface area contributed by atoms with E-state index in [9.17, 15) is 9.59 Å². The lowest BCUT2D eigenvalue weighted by Crippen LogP contribution is -2.41. The number of carbonyl (C=O) groups is 2. The fourth-order valence-electron chi connectivity index (χ4n) is 3.37. The number of imide groups is 1. The van der Waals surface area contributed by atoms with E-state index in [1.165, 1.54) is 22.4 Å². The van der Waals surface area contributed by atoms with Crippen molar-refractivity contribution in [3.05, 3.63) is 34.9 Å². The van der Waals surface area contributed by atoms with E-state index in [-0.39, 0.29) is 11.9 Å². The van der Waals surface area contributed by atoms with E-state index in [1.54, 1.807) is 0 Å². The third-order valence-electron chi connectivity index (χ3n) is 4.88. The van der Waals surface area contributed by atoms with E-state index < -0.39 is 5.54 Å². The summed E-state index contributed by atoms with van der Waals surface area (Å²) in [6, 6.07) is 5.94. The Morgan fingerprint density at radius 1 is 1.23 bits per heavy atom. The highest BCUT2D eigenvalue weighted by Gasteiger charge is 2.48. The number of fused-ring (bicyclic) bond motifs is 1. The summed E-state index contributed by atoms with van der Waals surface area (Å²) < 4.78 is 0. The van der Waals surface area contributed by atoms with Crippen molar-refractivity contribution in [1.82, 2.24) is 10.2 Å². The summed E-state index contributed by atoms with van der Waals surface area (Å²) in [5.74, 6) is 0.337. The fraction of sp³-hybridized carbons (Fsp3) is 0.556. The van der Waals surface area contributed by atoms with Crippen molar-refractivity contribution < 1.29 is 9.59 Å². The minimum Gasteiger partial charge on any atom is -0.319 e. The van der Waals surface area contributed by atoms with Gasteiger partial charge in [0, 0.05) is 6.54 Å². The fourth-order valence-corrected chi connectivity index (χ4v) is 3.37. The molecule has 2 aliphatic rings. The Hall–Kier alpha value is -1.84. The number of nitrogens with zero attached hydrogens (tertiary/aromatic N) is 1. The minimum absolute atomic E-state index is 0.129. The Labute approximate surface area is 131 Å². The summed E-state index contributed by atoms with van der Waals surface area (Å²) in [6.07, 6.45) is 4.20. The average Bonchev–Trinajstić information content (AvgIpc) is 3.01. The summed E-state index contributed by atoms with van der Waals surface area (Å²) in [4.78, 5) is 26.4. The maximum atomic E-state index is 12.8. The molecule has 0 spiro atoms. The van der Waals surface area contributed by atoms with Crippen LogP contribution in [0.3, 0.4) is 0 Å². The number of hydrogen-bond acceptors (Lipinski definition) is 2. The van der Waals surface area contributed by atoms with Gasteiger partial charge in [-0.2, -0.15) is 0 Å². The second kappa shape index (κ2) is 5.41. The van der Waals surface area contributed by atoms with Gasteiger partial charge in [-0.25, -0.2) is 4.79 Å². The Kier molecular flexibility index (Phi) is 3.71. The summed E-state index contributed by atoms with van der Waals surface area (Å²) in [5.41, 5.74) is 2.67. The highest BCUT2D eigenvalue weighted by molar-refractivity contribution is 6.07. The number of rotatable bonds is 4. The van der Waals surface area contributed by atoms with Crippen LogP contribution in [-0.4, -0.2) is 23.4 Å². The lowest BCUT2D eigenvalue weighted by molar-refractivity contribution is -0.131. The number of carbonyl (C=O) groups excluding carboxylic acids is 2. The number of nitrogens with one attached hydrogen (secondary N) is 1. The third-order valence-corrected chi connectivity index (χ3v) is 4.88. The topological polar surface area (TPSA) is 49.4 Å².